The number of hydrogen-bond acceptors (Lipinski definition) is 3. The molecule has 0 bridgehead atoms. The first-order valence-corrected chi connectivity index (χ1v) is 5.10. The lowest BCUT2D eigenvalue weighted by atomic mass is 10.0. The SMILES string of the molecule is CCC(CN)NC(=O)C(C)(CC)OC. The molecule has 0 aliphatic heterocycles. The van der Waals surface area contributed by atoms with Crippen LogP contribution in [-0.4, -0.2) is 31.2 Å². The van der Waals surface area contributed by atoms with Gasteiger partial charge in [-0.3, -0.25) is 4.79 Å². The fourth-order valence-electron chi connectivity index (χ4n) is 1.06. The smallest absolute Gasteiger partial charge is 0.252 e. The number of nitrogens with two attached hydrogens (primary N) is 1. The molecule has 0 saturated heterocycles. The van der Waals surface area contributed by atoms with E-state index in [1.54, 1.807) is 14.0 Å². The molecule has 0 aliphatic rings. The van der Waals surface area contributed by atoms with Gasteiger partial charge in [0, 0.05) is 19.7 Å². The van der Waals surface area contributed by atoms with E-state index in [-0.39, 0.29) is 11.9 Å². The van der Waals surface area contributed by atoms with Gasteiger partial charge in [-0.05, 0) is 19.8 Å². The third kappa shape index (κ3) is 3.27. The van der Waals surface area contributed by atoms with E-state index in [1.807, 2.05) is 13.8 Å². The second-order valence-corrected chi connectivity index (χ2v) is 3.60. The zero-order valence-corrected chi connectivity index (χ0v) is 9.59. The fraction of sp³-hybridized carbons (Fsp3) is 0.900. The maximum absolute atomic E-state index is 11.8. The second kappa shape index (κ2) is 5.98. The molecule has 0 fully saturated rings. The topological polar surface area (TPSA) is 64.3 Å². The van der Waals surface area contributed by atoms with Crippen LogP contribution >= 0.6 is 0 Å². The first-order valence-electron chi connectivity index (χ1n) is 5.10. The Morgan fingerprint density at radius 3 is 2.43 bits per heavy atom. The van der Waals surface area contributed by atoms with Crippen LogP contribution in [0.1, 0.15) is 33.6 Å². The molecular weight excluding hydrogens is 180 g/mol. The van der Waals surface area contributed by atoms with E-state index in [0.717, 1.165) is 6.42 Å². The maximum atomic E-state index is 11.8. The molecule has 0 radical (unpaired) electrons. The van der Waals surface area contributed by atoms with Crippen molar-refractivity contribution in [3.63, 3.8) is 0 Å². The summed E-state index contributed by atoms with van der Waals surface area (Å²) in [6, 6.07) is 0.0449. The van der Waals surface area contributed by atoms with Crippen molar-refractivity contribution in [3.05, 3.63) is 0 Å². The summed E-state index contributed by atoms with van der Waals surface area (Å²) in [7, 11) is 1.55. The van der Waals surface area contributed by atoms with Crippen LogP contribution in [0.2, 0.25) is 0 Å². The Labute approximate surface area is 86.2 Å². The highest BCUT2D eigenvalue weighted by atomic mass is 16.5. The largest absolute Gasteiger partial charge is 0.369 e. The lowest BCUT2D eigenvalue weighted by Crippen LogP contribution is -2.51. The van der Waals surface area contributed by atoms with Gasteiger partial charge in [0.25, 0.3) is 5.91 Å². The van der Waals surface area contributed by atoms with Crippen LogP contribution in [-0.2, 0) is 9.53 Å². The van der Waals surface area contributed by atoms with Gasteiger partial charge in [-0.2, -0.15) is 0 Å². The molecule has 4 nitrogen and oxygen atoms in total. The summed E-state index contributed by atoms with van der Waals surface area (Å²) in [5.74, 6) is -0.0835. The molecule has 0 aromatic carbocycles. The maximum Gasteiger partial charge on any atom is 0.252 e. The molecule has 2 unspecified atom stereocenters. The van der Waals surface area contributed by atoms with Gasteiger partial charge in [-0.15, -0.1) is 0 Å². The summed E-state index contributed by atoms with van der Waals surface area (Å²) < 4.78 is 5.19. The molecule has 0 heterocycles. The molecule has 2 atom stereocenters. The molecule has 4 heteroatoms. The van der Waals surface area contributed by atoms with Gasteiger partial charge in [-0.1, -0.05) is 13.8 Å². The number of carbonyl (C=O) groups is 1. The lowest BCUT2D eigenvalue weighted by Gasteiger charge is -2.27. The van der Waals surface area contributed by atoms with Crippen LogP contribution in [0.15, 0.2) is 0 Å². The van der Waals surface area contributed by atoms with Crippen molar-refractivity contribution in [1.29, 1.82) is 0 Å². The van der Waals surface area contributed by atoms with Crippen LogP contribution in [0.4, 0.5) is 0 Å². The predicted octanol–water partition coefficient (Wildman–Crippen LogP) is 0.655. The van der Waals surface area contributed by atoms with E-state index in [1.165, 1.54) is 0 Å². The first kappa shape index (κ1) is 13.4. The summed E-state index contributed by atoms with van der Waals surface area (Å²) in [4.78, 5) is 11.8. The van der Waals surface area contributed by atoms with E-state index in [0.29, 0.717) is 13.0 Å². The highest BCUT2D eigenvalue weighted by Crippen LogP contribution is 2.14. The molecule has 0 aromatic heterocycles. The van der Waals surface area contributed by atoms with Gasteiger partial charge in [0.2, 0.25) is 0 Å². The van der Waals surface area contributed by atoms with E-state index < -0.39 is 5.60 Å². The van der Waals surface area contributed by atoms with Crippen molar-refractivity contribution >= 4 is 5.91 Å². The third-order valence-corrected chi connectivity index (χ3v) is 2.72. The highest BCUT2D eigenvalue weighted by Gasteiger charge is 2.31. The number of carbonyl (C=O) groups excluding carboxylic acids is 1. The normalized spacial score (nSPS) is 17.2. The Balaban J connectivity index is 4.30. The van der Waals surface area contributed by atoms with Crippen molar-refractivity contribution in [2.24, 2.45) is 5.73 Å². The van der Waals surface area contributed by atoms with E-state index >= 15 is 0 Å². The van der Waals surface area contributed by atoms with E-state index in [2.05, 4.69) is 5.32 Å². The third-order valence-electron chi connectivity index (χ3n) is 2.72. The number of hydrogen-bond donors (Lipinski definition) is 2. The Morgan fingerprint density at radius 2 is 2.14 bits per heavy atom. The minimum absolute atomic E-state index is 0.0449. The minimum atomic E-state index is -0.734. The Hall–Kier alpha value is -0.610. The van der Waals surface area contributed by atoms with Crippen LogP contribution in [0.5, 0.6) is 0 Å². The Bertz CT molecular complexity index is 175. The van der Waals surface area contributed by atoms with Gasteiger partial charge < -0.3 is 15.8 Å². The highest BCUT2D eigenvalue weighted by molar-refractivity contribution is 5.84. The summed E-state index contributed by atoms with van der Waals surface area (Å²) in [6.45, 7) is 6.16. The molecule has 84 valence electrons. The molecule has 0 aliphatic carbocycles. The second-order valence-electron chi connectivity index (χ2n) is 3.60. The number of amides is 1. The molecule has 0 saturated carbocycles. The predicted molar refractivity (Wildman–Crippen MR) is 57.0 cm³/mol. The standard InChI is InChI=1S/C10H22N2O2/c1-5-8(7-11)12-9(13)10(3,6-2)14-4/h8H,5-7,11H2,1-4H3,(H,12,13). The van der Waals surface area contributed by atoms with Gasteiger partial charge in [0.05, 0.1) is 0 Å². The number of ether oxygens (including phenoxy) is 1. The van der Waals surface area contributed by atoms with Crippen LogP contribution in [0.25, 0.3) is 0 Å². The molecule has 0 rings (SSSR count). The molecule has 1 amide bonds. The van der Waals surface area contributed by atoms with Crippen molar-refractivity contribution in [3.8, 4) is 0 Å². The van der Waals surface area contributed by atoms with E-state index in [4.69, 9.17) is 10.5 Å². The van der Waals surface area contributed by atoms with Crippen LogP contribution < -0.4 is 11.1 Å². The number of rotatable bonds is 6. The minimum Gasteiger partial charge on any atom is -0.369 e. The summed E-state index contributed by atoms with van der Waals surface area (Å²) in [5.41, 5.74) is 4.77. The molecular formula is C10H22N2O2. The average Bonchev–Trinajstić information content (AvgIpc) is 2.24. The van der Waals surface area contributed by atoms with Crippen LogP contribution in [0.3, 0.4) is 0 Å². The Kier molecular flexibility index (Phi) is 5.72. The van der Waals surface area contributed by atoms with Gasteiger partial charge in [0.15, 0.2) is 0 Å². The van der Waals surface area contributed by atoms with Crippen molar-refractivity contribution in [1.82, 2.24) is 5.32 Å². The monoisotopic (exact) mass is 202 g/mol. The van der Waals surface area contributed by atoms with Crippen molar-refractivity contribution in [2.75, 3.05) is 13.7 Å². The number of methoxy groups -OCH3 is 1. The van der Waals surface area contributed by atoms with Crippen LogP contribution in [0, 0.1) is 0 Å². The molecule has 3 N–H and O–H groups in total. The van der Waals surface area contributed by atoms with E-state index in [9.17, 15) is 4.79 Å². The van der Waals surface area contributed by atoms with Crippen molar-refractivity contribution < 1.29 is 9.53 Å². The van der Waals surface area contributed by atoms with Gasteiger partial charge in [0.1, 0.15) is 5.60 Å². The average molecular weight is 202 g/mol. The zero-order valence-electron chi connectivity index (χ0n) is 9.59. The van der Waals surface area contributed by atoms with Crippen molar-refractivity contribution in [2.45, 2.75) is 45.3 Å². The fourth-order valence-corrected chi connectivity index (χ4v) is 1.06. The van der Waals surface area contributed by atoms with Gasteiger partial charge in [-0.25, -0.2) is 0 Å². The van der Waals surface area contributed by atoms with Gasteiger partial charge >= 0.3 is 0 Å². The number of nitrogens with one attached hydrogen (secondary N) is 1. The quantitative estimate of drug-likeness (QED) is 0.665. The summed E-state index contributed by atoms with van der Waals surface area (Å²) in [6.07, 6.45) is 1.49. The zero-order chi connectivity index (χ0) is 11.2. The first-order chi connectivity index (χ1) is 6.53. The molecule has 0 aromatic rings. The molecule has 14 heavy (non-hydrogen) atoms. The molecule has 0 spiro atoms. The Morgan fingerprint density at radius 1 is 1.57 bits per heavy atom. The lowest BCUT2D eigenvalue weighted by molar-refractivity contribution is -0.142. The summed E-state index contributed by atoms with van der Waals surface area (Å²) >= 11 is 0. The summed E-state index contributed by atoms with van der Waals surface area (Å²) in [5, 5.41) is 2.87.